The average Bonchev–Trinajstić information content (AvgIpc) is 2.78. The summed E-state index contributed by atoms with van der Waals surface area (Å²) in [6, 6.07) is 10.2. The molecule has 0 saturated carbocycles. The highest BCUT2D eigenvalue weighted by Gasteiger charge is 2.48. The fraction of sp³-hybridized carbons (Fsp3) is 0.462. The van der Waals surface area contributed by atoms with Crippen LogP contribution in [0.25, 0.3) is 0 Å². The Morgan fingerprint density at radius 3 is 2.39 bits per heavy atom. The van der Waals surface area contributed by atoms with Gasteiger partial charge in [0.2, 0.25) is 5.91 Å². The smallest absolute Gasteiger partial charge is 0.304 e. The lowest BCUT2D eigenvalue weighted by Gasteiger charge is -2.45. The van der Waals surface area contributed by atoms with Crippen LogP contribution in [0.1, 0.15) is 62.3 Å². The molecule has 5 atom stereocenters. The topological polar surface area (TPSA) is 101 Å². The number of amides is 1. The van der Waals surface area contributed by atoms with Crippen molar-refractivity contribution in [2.45, 2.75) is 57.2 Å². The standard InChI is InChI=1S/C26H30Cl2FNO5S/c1-4-36(34,35)22(16-5-7-18(27)8-6-16)9-15(2)24-21(17-10-19(28)12-20(29)11-17)13-26(3,14-23(31)32)25(33)30-24/h5-8,10-12,15,21-22,24H,4,9,13-14H2,1-3H3,(H,30,33)(H,31,32). The van der Waals surface area contributed by atoms with Crippen molar-refractivity contribution in [2.24, 2.45) is 11.3 Å². The number of carbonyl (C=O) groups is 2. The van der Waals surface area contributed by atoms with Gasteiger partial charge < -0.3 is 10.4 Å². The van der Waals surface area contributed by atoms with Crippen molar-refractivity contribution in [3.63, 3.8) is 0 Å². The van der Waals surface area contributed by atoms with Crippen LogP contribution in [0.3, 0.4) is 0 Å². The maximum Gasteiger partial charge on any atom is 0.304 e. The quantitative estimate of drug-likeness (QED) is 0.406. The Kier molecular flexibility index (Phi) is 8.74. The van der Waals surface area contributed by atoms with Crippen molar-refractivity contribution in [1.82, 2.24) is 5.32 Å². The van der Waals surface area contributed by atoms with Crippen molar-refractivity contribution in [1.29, 1.82) is 0 Å². The van der Waals surface area contributed by atoms with E-state index in [0.717, 1.165) is 0 Å². The first kappa shape index (κ1) is 28.4. The van der Waals surface area contributed by atoms with Gasteiger partial charge >= 0.3 is 5.97 Å². The van der Waals surface area contributed by atoms with Gasteiger partial charge in [0.25, 0.3) is 0 Å². The largest absolute Gasteiger partial charge is 0.481 e. The van der Waals surface area contributed by atoms with Crippen LogP contribution in [0.4, 0.5) is 4.39 Å². The molecule has 0 spiro atoms. The Morgan fingerprint density at radius 2 is 1.83 bits per heavy atom. The molecule has 10 heteroatoms. The molecule has 3 rings (SSSR count). The third-order valence-corrected chi connectivity index (χ3v) is 9.69. The number of carboxylic acid groups (broad SMARTS) is 1. The van der Waals surface area contributed by atoms with Crippen molar-refractivity contribution in [3.8, 4) is 0 Å². The summed E-state index contributed by atoms with van der Waals surface area (Å²) >= 11 is 12.1. The molecule has 1 saturated heterocycles. The minimum atomic E-state index is -3.52. The fourth-order valence-corrected chi connectivity index (χ4v) is 7.05. The molecule has 1 heterocycles. The van der Waals surface area contributed by atoms with Gasteiger partial charge in [0.1, 0.15) is 5.82 Å². The Bertz CT molecular complexity index is 1220. The second-order valence-electron chi connectivity index (χ2n) is 9.85. The second-order valence-corrected chi connectivity index (χ2v) is 13.2. The number of hydrogen-bond acceptors (Lipinski definition) is 4. The number of nitrogens with one attached hydrogen (secondary N) is 1. The van der Waals surface area contributed by atoms with E-state index in [2.05, 4.69) is 5.32 Å². The van der Waals surface area contributed by atoms with Gasteiger partial charge in [0.15, 0.2) is 9.84 Å². The van der Waals surface area contributed by atoms with E-state index in [1.807, 2.05) is 6.92 Å². The number of rotatable bonds is 9. The van der Waals surface area contributed by atoms with E-state index in [0.29, 0.717) is 16.1 Å². The van der Waals surface area contributed by atoms with Crippen LogP contribution in [0.5, 0.6) is 0 Å². The van der Waals surface area contributed by atoms with Crippen LogP contribution in [0.2, 0.25) is 10.0 Å². The maximum atomic E-state index is 14.3. The Labute approximate surface area is 221 Å². The molecule has 2 aromatic carbocycles. The molecular weight excluding hydrogens is 528 g/mol. The summed E-state index contributed by atoms with van der Waals surface area (Å²) in [5, 5.41) is 12.2. The average molecular weight is 558 g/mol. The lowest BCUT2D eigenvalue weighted by molar-refractivity contribution is -0.147. The van der Waals surface area contributed by atoms with E-state index in [9.17, 15) is 27.5 Å². The highest BCUT2D eigenvalue weighted by molar-refractivity contribution is 7.91. The summed E-state index contributed by atoms with van der Waals surface area (Å²) in [6.07, 6.45) is -0.0545. The van der Waals surface area contributed by atoms with E-state index in [4.69, 9.17) is 23.2 Å². The molecule has 36 heavy (non-hydrogen) atoms. The summed E-state index contributed by atoms with van der Waals surface area (Å²) in [7, 11) is -3.52. The summed E-state index contributed by atoms with van der Waals surface area (Å²) < 4.78 is 40.5. The normalized spacial score (nSPS) is 24.1. The minimum absolute atomic E-state index is 0.0658. The van der Waals surface area contributed by atoms with Gasteiger partial charge in [-0.25, -0.2) is 12.8 Å². The third-order valence-electron chi connectivity index (χ3n) is 7.08. The van der Waals surface area contributed by atoms with E-state index in [1.165, 1.54) is 12.1 Å². The molecule has 0 radical (unpaired) electrons. The number of halogens is 3. The molecule has 1 aliphatic heterocycles. The van der Waals surface area contributed by atoms with E-state index < -0.39 is 56.6 Å². The first-order valence-corrected chi connectivity index (χ1v) is 14.2. The maximum absolute atomic E-state index is 14.3. The number of carbonyl (C=O) groups excluding carboxylic acids is 1. The van der Waals surface area contributed by atoms with Gasteiger partial charge in [0.05, 0.1) is 17.1 Å². The summed E-state index contributed by atoms with van der Waals surface area (Å²) in [6.45, 7) is 5.00. The van der Waals surface area contributed by atoms with Crippen LogP contribution < -0.4 is 5.32 Å². The SMILES string of the molecule is CCS(=O)(=O)C(CC(C)C1NC(=O)C(C)(CC(=O)O)CC1c1cc(F)cc(Cl)c1)c1ccc(Cl)cc1. The third kappa shape index (κ3) is 6.39. The molecule has 1 amide bonds. The predicted molar refractivity (Wildman–Crippen MR) is 138 cm³/mol. The van der Waals surface area contributed by atoms with Gasteiger partial charge in [-0.15, -0.1) is 0 Å². The van der Waals surface area contributed by atoms with Crippen molar-refractivity contribution in [3.05, 3.63) is 69.5 Å². The summed E-state index contributed by atoms with van der Waals surface area (Å²) in [5.41, 5.74) is -0.109. The summed E-state index contributed by atoms with van der Waals surface area (Å²) in [5.74, 6) is -3.01. The first-order valence-electron chi connectivity index (χ1n) is 11.7. The van der Waals surface area contributed by atoms with Crippen molar-refractivity contribution in [2.75, 3.05) is 5.75 Å². The Balaban J connectivity index is 2.02. The first-order chi connectivity index (χ1) is 16.8. The van der Waals surface area contributed by atoms with E-state index in [-0.39, 0.29) is 29.5 Å². The van der Waals surface area contributed by atoms with Crippen LogP contribution in [-0.2, 0) is 19.4 Å². The van der Waals surface area contributed by atoms with E-state index in [1.54, 1.807) is 44.2 Å². The predicted octanol–water partition coefficient (Wildman–Crippen LogP) is 5.79. The lowest BCUT2D eigenvalue weighted by Crippen LogP contribution is -2.56. The number of benzene rings is 2. The summed E-state index contributed by atoms with van der Waals surface area (Å²) in [4.78, 5) is 24.6. The molecule has 2 aromatic rings. The molecule has 0 aromatic heterocycles. The monoisotopic (exact) mass is 557 g/mol. The number of carboxylic acids is 1. The van der Waals surface area contributed by atoms with Crippen molar-refractivity contribution < 1.29 is 27.5 Å². The minimum Gasteiger partial charge on any atom is -0.481 e. The van der Waals surface area contributed by atoms with Crippen LogP contribution >= 0.6 is 23.2 Å². The molecule has 196 valence electrons. The lowest BCUT2D eigenvalue weighted by atomic mass is 9.67. The van der Waals surface area contributed by atoms with Gasteiger partial charge in [-0.2, -0.15) is 0 Å². The molecule has 2 N–H and O–H groups in total. The molecule has 1 fully saturated rings. The molecular formula is C26H30Cl2FNO5S. The Hall–Kier alpha value is -2.16. The molecule has 5 unspecified atom stereocenters. The number of piperidine rings is 1. The molecule has 0 bridgehead atoms. The second kappa shape index (κ2) is 11.1. The number of hydrogen-bond donors (Lipinski definition) is 2. The highest BCUT2D eigenvalue weighted by Crippen LogP contribution is 2.45. The van der Waals surface area contributed by atoms with Gasteiger partial charge in [-0.05, 0) is 60.2 Å². The number of sulfone groups is 1. The van der Waals surface area contributed by atoms with Crippen LogP contribution in [0.15, 0.2) is 42.5 Å². The van der Waals surface area contributed by atoms with Gasteiger partial charge in [0, 0.05) is 27.8 Å². The van der Waals surface area contributed by atoms with Crippen LogP contribution in [-0.4, -0.2) is 37.2 Å². The molecule has 0 aliphatic carbocycles. The van der Waals surface area contributed by atoms with Crippen molar-refractivity contribution >= 4 is 44.9 Å². The van der Waals surface area contributed by atoms with Crippen LogP contribution in [0, 0.1) is 17.2 Å². The number of aliphatic carboxylic acids is 1. The van der Waals surface area contributed by atoms with E-state index >= 15 is 0 Å². The Morgan fingerprint density at radius 1 is 1.19 bits per heavy atom. The molecule has 1 aliphatic rings. The zero-order valence-electron chi connectivity index (χ0n) is 20.3. The van der Waals surface area contributed by atoms with Gasteiger partial charge in [-0.1, -0.05) is 56.1 Å². The molecule has 6 nitrogen and oxygen atoms in total. The zero-order chi connectivity index (χ0) is 26.8. The van der Waals surface area contributed by atoms with Gasteiger partial charge in [-0.3, -0.25) is 9.59 Å². The fourth-order valence-electron chi connectivity index (χ4n) is 5.12. The zero-order valence-corrected chi connectivity index (χ0v) is 22.6. The highest BCUT2D eigenvalue weighted by atomic mass is 35.5.